The van der Waals surface area contributed by atoms with Gasteiger partial charge in [-0.2, -0.15) is 0 Å². The Morgan fingerprint density at radius 1 is 1.12 bits per heavy atom. The normalized spacial score (nSPS) is 12.1. The first kappa shape index (κ1) is 16.9. The van der Waals surface area contributed by atoms with E-state index in [4.69, 9.17) is 9.47 Å². The van der Waals surface area contributed by atoms with Crippen LogP contribution in [0.4, 0.5) is 4.39 Å². The largest absolute Gasteiger partial charge is 0.489 e. The van der Waals surface area contributed by atoms with Crippen molar-refractivity contribution in [3.8, 4) is 5.75 Å². The Kier molecular flexibility index (Phi) is 4.95. The van der Waals surface area contributed by atoms with E-state index < -0.39 is 12.1 Å². The number of halogens is 1. The summed E-state index contributed by atoms with van der Waals surface area (Å²) >= 11 is 0. The van der Waals surface area contributed by atoms with Crippen LogP contribution in [0, 0.1) is 5.82 Å². The summed E-state index contributed by atoms with van der Waals surface area (Å²) in [7, 11) is 0. The number of esters is 1. The minimum absolute atomic E-state index is 0.0932. The first-order valence-electron chi connectivity index (χ1n) is 7.80. The number of carbonyl (C=O) groups is 1. The second kappa shape index (κ2) is 7.32. The van der Waals surface area contributed by atoms with Gasteiger partial charge in [0.15, 0.2) is 0 Å². The van der Waals surface area contributed by atoms with Crippen LogP contribution in [0.5, 0.6) is 5.75 Å². The van der Waals surface area contributed by atoms with Gasteiger partial charge in [0.1, 0.15) is 30.9 Å². The summed E-state index contributed by atoms with van der Waals surface area (Å²) in [5.74, 6) is -0.466. The van der Waals surface area contributed by atoms with Crippen LogP contribution in [-0.4, -0.2) is 30.4 Å². The van der Waals surface area contributed by atoms with E-state index in [1.165, 1.54) is 6.07 Å². The van der Waals surface area contributed by atoms with Crippen LogP contribution in [-0.2, 0) is 9.53 Å². The molecule has 0 saturated carbocycles. The van der Waals surface area contributed by atoms with Gasteiger partial charge >= 0.3 is 5.97 Å². The molecule has 1 unspecified atom stereocenters. The number of hydrogen-bond acceptors (Lipinski definition) is 4. The van der Waals surface area contributed by atoms with E-state index >= 15 is 0 Å². The van der Waals surface area contributed by atoms with Crippen molar-refractivity contribution in [1.82, 2.24) is 0 Å². The third kappa shape index (κ3) is 3.61. The van der Waals surface area contributed by atoms with Crippen LogP contribution in [0.3, 0.4) is 0 Å². The van der Waals surface area contributed by atoms with Gasteiger partial charge in [0, 0.05) is 22.2 Å². The molecule has 3 aromatic carbocycles. The molecule has 0 saturated heterocycles. The van der Waals surface area contributed by atoms with Crippen LogP contribution in [0.2, 0.25) is 0 Å². The fourth-order valence-electron chi connectivity index (χ4n) is 2.63. The number of carbonyl (C=O) groups excluding carboxylic acids is 1. The zero-order chi connectivity index (χ0) is 17.8. The molecule has 3 rings (SSSR count). The second-order valence-electron chi connectivity index (χ2n) is 5.56. The SMILES string of the molecule is C=CC(=O)OCC(O)COc1c2ccccc2cc2c(F)cccc12. The standard InChI is InChI=1S/C20H17FO4/c1-2-19(23)24-11-14(22)12-25-20-15-7-4-3-6-13(15)10-17-16(20)8-5-9-18(17)21/h2-10,14,22H,1,11-12H2. The Labute approximate surface area is 144 Å². The molecule has 5 heteroatoms. The lowest BCUT2D eigenvalue weighted by Gasteiger charge is -2.16. The van der Waals surface area contributed by atoms with Gasteiger partial charge in [0.2, 0.25) is 0 Å². The van der Waals surface area contributed by atoms with Gasteiger partial charge in [-0.3, -0.25) is 0 Å². The Bertz CT molecular complexity index is 936. The first-order valence-corrected chi connectivity index (χ1v) is 7.80. The summed E-state index contributed by atoms with van der Waals surface area (Å²) in [5.41, 5.74) is 0. The molecule has 0 heterocycles. The molecule has 1 N–H and O–H groups in total. The molecular formula is C20H17FO4. The molecular weight excluding hydrogens is 323 g/mol. The molecule has 4 nitrogen and oxygen atoms in total. The smallest absolute Gasteiger partial charge is 0.330 e. The van der Waals surface area contributed by atoms with E-state index in [2.05, 4.69) is 6.58 Å². The Balaban J connectivity index is 1.92. The van der Waals surface area contributed by atoms with Gasteiger partial charge in [0.25, 0.3) is 0 Å². The minimum atomic E-state index is -1.01. The van der Waals surface area contributed by atoms with Gasteiger partial charge in [-0.1, -0.05) is 43.0 Å². The summed E-state index contributed by atoms with van der Waals surface area (Å²) in [6.07, 6.45) is 0.0145. The fourth-order valence-corrected chi connectivity index (χ4v) is 2.63. The van der Waals surface area contributed by atoms with Crippen molar-refractivity contribution in [1.29, 1.82) is 0 Å². The molecule has 0 aliphatic rings. The number of benzene rings is 3. The zero-order valence-corrected chi connectivity index (χ0v) is 13.4. The van der Waals surface area contributed by atoms with E-state index in [9.17, 15) is 14.3 Å². The molecule has 3 aromatic rings. The Hall–Kier alpha value is -2.92. The summed E-state index contributed by atoms with van der Waals surface area (Å²) in [5, 5.41) is 12.7. The molecule has 1 atom stereocenters. The first-order chi connectivity index (χ1) is 12.1. The molecule has 0 bridgehead atoms. The molecule has 0 aliphatic heterocycles. The number of hydrogen-bond donors (Lipinski definition) is 1. The van der Waals surface area contributed by atoms with Gasteiger partial charge in [-0.25, -0.2) is 9.18 Å². The van der Waals surface area contributed by atoms with E-state index in [1.807, 2.05) is 24.3 Å². The van der Waals surface area contributed by atoms with Crippen molar-refractivity contribution in [2.45, 2.75) is 6.10 Å². The summed E-state index contributed by atoms with van der Waals surface area (Å²) in [4.78, 5) is 11.0. The molecule has 0 spiro atoms. The maximum atomic E-state index is 14.2. The Morgan fingerprint density at radius 3 is 2.68 bits per heavy atom. The molecule has 0 fully saturated rings. The molecule has 25 heavy (non-hydrogen) atoms. The zero-order valence-electron chi connectivity index (χ0n) is 13.4. The number of aliphatic hydroxyl groups is 1. The molecule has 0 amide bonds. The van der Waals surface area contributed by atoms with E-state index in [1.54, 1.807) is 18.2 Å². The lowest BCUT2D eigenvalue weighted by molar-refractivity contribution is -0.141. The average molecular weight is 340 g/mol. The number of ether oxygens (including phenoxy) is 2. The fraction of sp³-hybridized carbons (Fsp3) is 0.150. The third-order valence-corrected chi connectivity index (χ3v) is 3.81. The second-order valence-corrected chi connectivity index (χ2v) is 5.56. The van der Waals surface area contributed by atoms with Crippen molar-refractivity contribution in [3.05, 3.63) is 67.0 Å². The minimum Gasteiger partial charge on any atom is -0.489 e. The van der Waals surface area contributed by atoms with E-state index in [0.717, 1.165) is 16.8 Å². The van der Waals surface area contributed by atoms with Crippen molar-refractivity contribution in [2.24, 2.45) is 0 Å². The lowest BCUT2D eigenvalue weighted by atomic mass is 10.0. The van der Waals surface area contributed by atoms with Gasteiger partial charge < -0.3 is 14.6 Å². The van der Waals surface area contributed by atoms with Crippen molar-refractivity contribution in [3.63, 3.8) is 0 Å². The lowest BCUT2D eigenvalue weighted by Crippen LogP contribution is -2.24. The molecule has 0 radical (unpaired) electrons. The summed E-state index contributed by atoms with van der Waals surface area (Å²) in [6, 6.07) is 14.0. The van der Waals surface area contributed by atoms with Gasteiger partial charge in [-0.05, 0) is 17.5 Å². The predicted molar refractivity (Wildman–Crippen MR) is 94.1 cm³/mol. The van der Waals surface area contributed by atoms with Crippen LogP contribution in [0.1, 0.15) is 0 Å². The highest BCUT2D eigenvalue weighted by atomic mass is 19.1. The topological polar surface area (TPSA) is 55.8 Å². The maximum Gasteiger partial charge on any atom is 0.330 e. The van der Waals surface area contributed by atoms with Crippen molar-refractivity contribution >= 4 is 27.5 Å². The third-order valence-electron chi connectivity index (χ3n) is 3.81. The van der Waals surface area contributed by atoms with Gasteiger partial charge in [0.05, 0.1) is 0 Å². The van der Waals surface area contributed by atoms with Gasteiger partial charge in [-0.15, -0.1) is 0 Å². The number of fused-ring (bicyclic) bond motifs is 2. The number of aliphatic hydroxyl groups excluding tert-OH is 1. The highest BCUT2D eigenvalue weighted by molar-refractivity contribution is 6.05. The molecule has 128 valence electrons. The summed E-state index contributed by atoms with van der Waals surface area (Å²) in [6.45, 7) is 2.99. The predicted octanol–water partition coefficient (Wildman–Crippen LogP) is 3.60. The Morgan fingerprint density at radius 2 is 1.88 bits per heavy atom. The van der Waals surface area contributed by atoms with E-state index in [-0.39, 0.29) is 19.0 Å². The molecule has 0 aliphatic carbocycles. The van der Waals surface area contributed by atoms with Crippen LogP contribution in [0.25, 0.3) is 21.5 Å². The van der Waals surface area contributed by atoms with Crippen LogP contribution >= 0.6 is 0 Å². The average Bonchev–Trinajstić information content (AvgIpc) is 2.63. The monoisotopic (exact) mass is 340 g/mol. The van der Waals surface area contributed by atoms with Crippen LogP contribution in [0.15, 0.2) is 61.2 Å². The van der Waals surface area contributed by atoms with Crippen LogP contribution < -0.4 is 4.74 Å². The van der Waals surface area contributed by atoms with E-state index in [0.29, 0.717) is 16.5 Å². The summed E-state index contributed by atoms with van der Waals surface area (Å²) < 4.78 is 24.7. The quantitative estimate of drug-likeness (QED) is 0.423. The van der Waals surface area contributed by atoms with Crippen molar-refractivity contribution < 1.29 is 23.8 Å². The highest BCUT2D eigenvalue weighted by Crippen LogP contribution is 2.35. The number of rotatable bonds is 6. The van der Waals surface area contributed by atoms with Crippen molar-refractivity contribution in [2.75, 3.05) is 13.2 Å². The molecule has 0 aromatic heterocycles. The highest BCUT2D eigenvalue weighted by Gasteiger charge is 2.14. The maximum absolute atomic E-state index is 14.2.